The molecule has 18 heavy (non-hydrogen) atoms. The average Bonchev–Trinajstić information content (AvgIpc) is 2.44. The van der Waals surface area contributed by atoms with Gasteiger partial charge in [-0.1, -0.05) is 72.8 Å². The molecule has 2 aromatic rings. The van der Waals surface area contributed by atoms with Gasteiger partial charge in [0, 0.05) is 0 Å². The van der Waals surface area contributed by atoms with E-state index in [4.69, 9.17) is 9.46 Å². The molecule has 3 heteroatoms. The quantitative estimate of drug-likeness (QED) is 0.655. The second kappa shape index (κ2) is 13.3. The number of benzene rings is 2. The fourth-order valence-corrected chi connectivity index (χ4v) is 1.17. The van der Waals surface area contributed by atoms with Gasteiger partial charge in [0.25, 0.3) is 0 Å². The molecular formula is C15H18O2P+. The maximum absolute atomic E-state index is 8.51. The Balaban J connectivity index is 0.000000278. The zero-order valence-corrected chi connectivity index (χ0v) is 11.2. The van der Waals surface area contributed by atoms with Crippen LogP contribution in [0.5, 0.6) is 0 Å². The van der Waals surface area contributed by atoms with E-state index in [-0.39, 0.29) is 0 Å². The van der Waals surface area contributed by atoms with Crippen LogP contribution < -0.4 is 0 Å². The summed E-state index contributed by atoms with van der Waals surface area (Å²) in [6, 6.07) is 22.3. The molecule has 0 spiro atoms. The topological polar surface area (TPSA) is 37.3 Å². The van der Waals surface area contributed by atoms with Crippen LogP contribution in [0.25, 0.3) is 0 Å². The SMILES string of the molecule is C=CCc1ccccc1.O=[PH+]O.c1ccccc1. The lowest BCUT2D eigenvalue weighted by molar-refractivity contribution is 0.524. The molecule has 0 saturated carbocycles. The van der Waals surface area contributed by atoms with Gasteiger partial charge in [-0.2, -0.15) is 4.89 Å². The molecule has 2 aromatic carbocycles. The predicted molar refractivity (Wildman–Crippen MR) is 78.0 cm³/mol. The first kappa shape index (κ1) is 16.2. The second-order valence-corrected chi connectivity index (χ2v) is 3.41. The van der Waals surface area contributed by atoms with E-state index in [1.54, 1.807) is 0 Å². The van der Waals surface area contributed by atoms with Crippen LogP contribution in [0, 0.1) is 0 Å². The lowest BCUT2D eigenvalue weighted by Gasteiger charge is -1.91. The Labute approximate surface area is 110 Å². The molecule has 0 aliphatic rings. The monoisotopic (exact) mass is 261 g/mol. The molecule has 0 heterocycles. The summed E-state index contributed by atoms with van der Waals surface area (Å²) in [7, 11) is -1.17. The van der Waals surface area contributed by atoms with Crippen LogP contribution in [0.1, 0.15) is 5.56 Å². The number of hydrogen-bond donors (Lipinski definition) is 1. The molecule has 0 aliphatic carbocycles. The van der Waals surface area contributed by atoms with E-state index in [2.05, 4.69) is 18.7 Å². The van der Waals surface area contributed by atoms with Crippen molar-refractivity contribution in [3.8, 4) is 0 Å². The van der Waals surface area contributed by atoms with Gasteiger partial charge in [0.1, 0.15) is 0 Å². The van der Waals surface area contributed by atoms with Crippen molar-refractivity contribution in [1.29, 1.82) is 0 Å². The Bertz CT molecular complexity index is 375. The van der Waals surface area contributed by atoms with Gasteiger partial charge >= 0.3 is 8.69 Å². The summed E-state index contributed by atoms with van der Waals surface area (Å²) in [5.41, 5.74) is 1.33. The summed E-state index contributed by atoms with van der Waals surface area (Å²) >= 11 is 0. The Morgan fingerprint density at radius 3 is 1.61 bits per heavy atom. The first-order valence-corrected chi connectivity index (χ1v) is 6.36. The van der Waals surface area contributed by atoms with Gasteiger partial charge < -0.3 is 0 Å². The molecule has 1 N–H and O–H groups in total. The molecule has 2 rings (SSSR count). The van der Waals surface area contributed by atoms with Crippen molar-refractivity contribution in [3.63, 3.8) is 0 Å². The van der Waals surface area contributed by atoms with Crippen LogP contribution in [0.15, 0.2) is 79.4 Å². The predicted octanol–water partition coefficient (Wildman–Crippen LogP) is 4.02. The molecule has 0 aromatic heterocycles. The Kier molecular flexibility index (Phi) is 12.0. The van der Waals surface area contributed by atoms with Crippen LogP contribution in [0.4, 0.5) is 0 Å². The van der Waals surface area contributed by atoms with E-state index in [1.165, 1.54) is 5.56 Å². The highest BCUT2D eigenvalue weighted by atomic mass is 31.1. The minimum absolute atomic E-state index is 0.973. The summed E-state index contributed by atoms with van der Waals surface area (Å²) in [5.74, 6) is 0. The van der Waals surface area contributed by atoms with Crippen LogP contribution >= 0.6 is 8.69 Å². The highest BCUT2D eigenvalue weighted by Crippen LogP contribution is 1.98. The van der Waals surface area contributed by atoms with Gasteiger partial charge in [-0.25, -0.2) is 0 Å². The Hall–Kier alpha value is -1.76. The van der Waals surface area contributed by atoms with E-state index >= 15 is 0 Å². The maximum atomic E-state index is 8.51. The largest absolute Gasteiger partial charge is 0.491 e. The van der Waals surface area contributed by atoms with Crippen LogP contribution in [0.2, 0.25) is 0 Å². The van der Waals surface area contributed by atoms with E-state index < -0.39 is 8.69 Å². The second-order valence-electron chi connectivity index (χ2n) is 3.22. The van der Waals surface area contributed by atoms with E-state index in [0.717, 1.165) is 6.42 Å². The van der Waals surface area contributed by atoms with Crippen molar-refractivity contribution in [3.05, 3.63) is 84.9 Å². The third-order valence-corrected chi connectivity index (χ3v) is 1.89. The molecule has 2 nitrogen and oxygen atoms in total. The molecule has 0 aliphatic heterocycles. The zero-order valence-electron chi connectivity index (χ0n) is 10.2. The molecule has 0 fully saturated rings. The molecule has 0 amide bonds. The van der Waals surface area contributed by atoms with Gasteiger partial charge in [-0.3, -0.25) is 0 Å². The van der Waals surface area contributed by atoms with E-state index in [1.807, 2.05) is 60.7 Å². The van der Waals surface area contributed by atoms with E-state index in [0.29, 0.717) is 0 Å². The summed E-state index contributed by atoms with van der Waals surface area (Å²) < 4.78 is 8.51. The van der Waals surface area contributed by atoms with Crippen molar-refractivity contribution in [1.82, 2.24) is 0 Å². The van der Waals surface area contributed by atoms with Crippen LogP contribution in [0.3, 0.4) is 0 Å². The first-order chi connectivity index (χ1) is 8.85. The van der Waals surface area contributed by atoms with Crippen LogP contribution in [-0.4, -0.2) is 4.89 Å². The summed E-state index contributed by atoms with van der Waals surface area (Å²) in [6.07, 6.45) is 2.89. The highest BCUT2D eigenvalue weighted by Gasteiger charge is 1.82. The Morgan fingerprint density at radius 1 is 0.944 bits per heavy atom. The fraction of sp³-hybridized carbons (Fsp3) is 0.0667. The summed E-state index contributed by atoms with van der Waals surface area (Å²) in [4.78, 5) is 7.04. The number of allylic oxidation sites excluding steroid dienone is 1. The fourth-order valence-electron chi connectivity index (χ4n) is 1.17. The van der Waals surface area contributed by atoms with Gasteiger partial charge in [-0.05, 0) is 16.5 Å². The van der Waals surface area contributed by atoms with Crippen molar-refractivity contribution < 1.29 is 9.46 Å². The van der Waals surface area contributed by atoms with Gasteiger partial charge in [-0.15, -0.1) is 6.58 Å². The highest BCUT2D eigenvalue weighted by molar-refractivity contribution is 7.16. The first-order valence-electron chi connectivity index (χ1n) is 5.51. The molecule has 0 bridgehead atoms. The van der Waals surface area contributed by atoms with E-state index in [9.17, 15) is 0 Å². The van der Waals surface area contributed by atoms with Crippen molar-refractivity contribution in [2.45, 2.75) is 6.42 Å². The maximum Gasteiger partial charge on any atom is 0.491 e. The molecule has 94 valence electrons. The molecular weight excluding hydrogens is 243 g/mol. The van der Waals surface area contributed by atoms with Gasteiger partial charge in [0.05, 0.1) is 0 Å². The van der Waals surface area contributed by atoms with Crippen LogP contribution in [-0.2, 0) is 11.0 Å². The number of hydrogen-bond acceptors (Lipinski definition) is 1. The third-order valence-electron chi connectivity index (χ3n) is 1.89. The van der Waals surface area contributed by atoms with Crippen molar-refractivity contribution >= 4 is 8.69 Å². The molecule has 0 radical (unpaired) electrons. The third kappa shape index (κ3) is 10.7. The van der Waals surface area contributed by atoms with Gasteiger partial charge in [0.2, 0.25) is 0 Å². The molecule has 1 unspecified atom stereocenters. The lowest BCUT2D eigenvalue weighted by atomic mass is 10.2. The smallest absolute Gasteiger partial charge is 0.162 e. The van der Waals surface area contributed by atoms with Crippen molar-refractivity contribution in [2.75, 3.05) is 0 Å². The summed E-state index contributed by atoms with van der Waals surface area (Å²) in [5, 5.41) is 0. The van der Waals surface area contributed by atoms with Crippen molar-refractivity contribution in [2.24, 2.45) is 0 Å². The average molecular weight is 261 g/mol. The zero-order chi connectivity index (χ0) is 13.5. The minimum atomic E-state index is -1.17. The molecule has 1 atom stereocenters. The number of rotatable bonds is 2. The normalized spacial score (nSPS) is 8.28. The standard InChI is InChI=1S/C9H10.C6H6.HO2P/c1-2-6-9-7-4-3-5-8-9;1-2-4-6-5-3-1;1-3-2/h2-5,7-8H,1,6H2;1-6H;3H/p+1. The Morgan fingerprint density at radius 2 is 1.28 bits per heavy atom. The van der Waals surface area contributed by atoms with Gasteiger partial charge in [0.15, 0.2) is 0 Å². The molecule has 0 saturated heterocycles. The lowest BCUT2D eigenvalue weighted by Crippen LogP contribution is -1.75. The summed E-state index contributed by atoms with van der Waals surface area (Å²) in [6.45, 7) is 3.66. The minimum Gasteiger partial charge on any atom is -0.162 e.